The van der Waals surface area contributed by atoms with Crippen molar-refractivity contribution in [3.05, 3.63) is 34.3 Å². The number of aryl methyl sites for hydroxylation is 1. The molecule has 104 valence electrons. The molecule has 0 bridgehead atoms. The summed E-state index contributed by atoms with van der Waals surface area (Å²) in [5.41, 5.74) is 1.37. The molecule has 0 spiro atoms. The van der Waals surface area contributed by atoms with Crippen molar-refractivity contribution >= 4 is 23.4 Å². The van der Waals surface area contributed by atoms with Crippen molar-refractivity contribution in [2.75, 3.05) is 13.7 Å². The number of likely N-dealkylation sites (N-methyl/N-ethyl adjacent to an activating group) is 1. The highest BCUT2D eigenvalue weighted by Crippen LogP contribution is 2.18. The van der Waals surface area contributed by atoms with E-state index in [-0.39, 0.29) is 12.2 Å². The van der Waals surface area contributed by atoms with Gasteiger partial charge in [-0.2, -0.15) is 0 Å². The average Bonchev–Trinajstić information content (AvgIpc) is 2.40. The Bertz CT molecular complexity index is 474. The summed E-state index contributed by atoms with van der Waals surface area (Å²) in [6, 6.07) is 4.56. The number of methoxy groups -OCH3 is 1. The predicted octanol–water partition coefficient (Wildman–Crippen LogP) is 2.37. The molecule has 0 aliphatic carbocycles. The first-order valence-electron chi connectivity index (χ1n) is 6.10. The molecular weight excluding hydrogens is 266 g/mol. The van der Waals surface area contributed by atoms with Gasteiger partial charge >= 0.3 is 5.97 Å². The highest BCUT2D eigenvalue weighted by molar-refractivity contribution is 6.31. The Hall–Kier alpha value is -1.39. The first kappa shape index (κ1) is 15.7. The lowest BCUT2D eigenvalue weighted by Gasteiger charge is -2.16. The van der Waals surface area contributed by atoms with E-state index in [0.717, 1.165) is 5.56 Å². The number of Topliss-reactive ketones (excluding diaryl/α,β-unsaturated/α-hetero) is 1. The van der Waals surface area contributed by atoms with E-state index < -0.39 is 12.0 Å². The molecule has 1 unspecified atom stereocenters. The summed E-state index contributed by atoms with van der Waals surface area (Å²) in [4.78, 5) is 23.8. The summed E-state index contributed by atoms with van der Waals surface area (Å²) in [5.74, 6) is -0.564. The Labute approximate surface area is 118 Å². The molecule has 0 saturated carbocycles. The number of halogens is 1. The van der Waals surface area contributed by atoms with Gasteiger partial charge in [0.25, 0.3) is 0 Å². The minimum atomic E-state index is -0.588. The normalized spacial score (nSPS) is 12.0. The lowest BCUT2D eigenvalue weighted by molar-refractivity contribution is -0.140. The van der Waals surface area contributed by atoms with Crippen LogP contribution in [0.5, 0.6) is 0 Å². The molecule has 1 aromatic rings. The number of carbonyl (C=O) groups is 2. The van der Waals surface area contributed by atoms with Crippen molar-refractivity contribution in [1.82, 2.24) is 5.32 Å². The minimum absolute atomic E-state index is 0.00905. The van der Waals surface area contributed by atoms with Crippen LogP contribution in [0, 0.1) is 6.92 Å². The fourth-order valence-corrected chi connectivity index (χ4v) is 1.97. The van der Waals surface area contributed by atoms with E-state index in [1.54, 1.807) is 18.2 Å². The van der Waals surface area contributed by atoms with E-state index in [2.05, 4.69) is 10.1 Å². The summed E-state index contributed by atoms with van der Waals surface area (Å²) in [6.07, 6.45) is 0.00905. The van der Waals surface area contributed by atoms with Gasteiger partial charge in [-0.3, -0.25) is 9.59 Å². The molecule has 19 heavy (non-hydrogen) atoms. The molecule has 0 amide bonds. The maximum absolute atomic E-state index is 12.4. The molecule has 0 aromatic heterocycles. The maximum Gasteiger partial charge on any atom is 0.307 e. The second-order valence-corrected chi connectivity index (χ2v) is 4.65. The SMILES string of the molecule is CCNC(CC(=O)OC)C(=O)c1cc(Cl)ccc1C. The van der Waals surface area contributed by atoms with Gasteiger partial charge in [0.1, 0.15) is 0 Å². The highest BCUT2D eigenvalue weighted by atomic mass is 35.5. The van der Waals surface area contributed by atoms with Gasteiger partial charge in [0.15, 0.2) is 5.78 Å². The smallest absolute Gasteiger partial charge is 0.307 e. The van der Waals surface area contributed by atoms with Crippen molar-refractivity contribution < 1.29 is 14.3 Å². The predicted molar refractivity (Wildman–Crippen MR) is 74.6 cm³/mol. The van der Waals surface area contributed by atoms with Crippen LogP contribution in [0.3, 0.4) is 0 Å². The Morgan fingerprint density at radius 2 is 2.11 bits per heavy atom. The van der Waals surface area contributed by atoms with Gasteiger partial charge in [-0.05, 0) is 31.2 Å². The second kappa shape index (κ2) is 7.26. The molecular formula is C14H18ClNO3. The Morgan fingerprint density at radius 3 is 2.68 bits per heavy atom. The van der Waals surface area contributed by atoms with E-state index in [1.807, 2.05) is 13.8 Å². The van der Waals surface area contributed by atoms with Gasteiger partial charge in [-0.15, -0.1) is 0 Å². The fourth-order valence-electron chi connectivity index (χ4n) is 1.80. The minimum Gasteiger partial charge on any atom is -0.469 e. The van der Waals surface area contributed by atoms with Gasteiger partial charge in [0, 0.05) is 10.6 Å². The van der Waals surface area contributed by atoms with Crippen molar-refractivity contribution in [1.29, 1.82) is 0 Å². The van der Waals surface area contributed by atoms with Crippen LogP contribution >= 0.6 is 11.6 Å². The number of nitrogens with one attached hydrogen (secondary N) is 1. The first-order valence-corrected chi connectivity index (χ1v) is 6.48. The Morgan fingerprint density at radius 1 is 1.42 bits per heavy atom. The largest absolute Gasteiger partial charge is 0.469 e. The van der Waals surface area contributed by atoms with Crippen LogP contribution in [0.4, 0.5) is 0 Å². The quantitative estimate of drug-likeness (QED) is 0.643. The summed E-state index contributed by atoms with van der Waals surface area (Å²) < 4.78 is 4.61. The van der Waals surface area contributed by atoms with Crippen LogP contribution < -0.4 is 5.32 Å². The van der Waals surface area contributed by atoms with Crippen LogP contribution in [0.2, 0.25) is 5.02 Å². The number of hydrogen-bond acceptors (Lipinski definition) is 4. The van der Waals surface area contributed by atoms with E-state index in [0.29, 0.717) is 17.1 Å². The average molecular weight is 284 g/mol. The number of hydrogen-bond donors (Lipinski definition) is 1. The molecule has 4 nitrogen and oxygen atoms in total. The lowest BCUT2D eigenvalue weighted by Crippen LogP contribution is -2.39. The highest BCUT2D eigenvalue weighted by Gasteiger charge is 2.24. The third-order valence-corrected chi connectivity index (χ3v) is 3.07. The maximum atomic E-state index is 12.4. The third-order valence-electron chi connectivity index (χ3n) is 2.83. The molecule has 0 heterocycles. The zero-order chi connectivity index (χ0) is 14.4. The molecule has 1 rings (SSSR count). The molecule has 1 atom stereocenters. The van der Waals surface area contributed by atoms with E-state index >= 15 is 0 Å². The number of rotatable bonds is 6. The van der Waals surface area contributed by atoms with Crippen LogP contribution in [-0.2, 0) is 9.53 Å². The number of ether oxygens (including phenoxy) is 1. The molecule has 0 radical (unpaired) electrons. The van der Waals surface area contributed by atoms with Crippen LogP contribution in [0.15, 0.2) is 18.2 Å². The number of esters is 1. The molecule has 0 fully saturated rings. The monoisotopic (exact) mass is 283 g/mol. The summed E-state index contributed by atoms with van der Waals surface area (Å²) >= 11 is 5.91. The van der Waals surface area contributed by atoms with Gasteiger partial charge in [-0.1, -0.05) is 24.6 Å². The molecule has 1 N–H and O–H groups in total. The van der Waals surface area contributed by atoms with Gasteiger partial charge in [0.05, 0.1) is 19.6 Å². The van der Waals surface area contributed by atoms with Crippen molar-refractivity contribution in [2.24, 2.45) is 0 Å². The van der Waals surface area contributed by atoms with Crippen molar-refractivity contribution in [2.45, 2.75) is 26.3 Å². The van der Waals surface area contributed by atoms with Crippen LogP contribution in [0.1, 0.15) is 29.3 Å². The van der Waals surface area contributed by atoms with Gasteiger partial charge in [-0.25, -0.2) is 0 Å². The topological polar surface area (TPSA) is 55.4 Å². The second-order valence-electron chi connectivity index (χ2n) is 4.21. The fraction of sp³-hybridized carbons (Fsp3) is 0.429. The van der Waals surface area contributed by atoms with E-state index in [9.17, 15) is 9.59 Å². The Kier molecular flexibility index (Phi) is 5.99. The number of ketones is 1. The van der Waals surface area contributed by atoms with Crippen LogP contribution in [0.25, 0.3) is 0 Å². The summed E-state index contributed by atoms with van der Waals surface area (Å²) in [5, 5.41) is 3.50. The van der Waals surface area contributed by atoms with Crippen molar-refractivity contribution in [3.8, 4) is 0 Å². The number of carbonyl (C=O) groups excluding carboxylic acids is 2. The molecule has 0 aliphatic rings. The summed E-state index contributed by atoms with van der Waals surface area (Å²) in [6.45, 7) is 4.31. The third kappa shape index (κ3) is 4.33. The molecule has 0 saturated heterocycles. The van der Waals surface area contributed by atoms with Gasteiger partial charge in [0.2, 0.25) is 0 Å². The lowest BCUT2D eigenvalue weighted by atomic mass is 9.97. The summed E-state index contributed by atoms with van der Waals surface area (Å²) in [7, 11) is 1.31. The van der Waals surface area contributed by atoms with Crippen molar-refractivity contribution in [3.63, 3.8) is 0 Å². The van der Waals surface area contributed by atoms with Crippen LogP contribution in [-0.4, -0.2) is 31.4 Å². The molecule has 0 aliphatic heterocycles. The Balaban J connectivity index is 2.98. The van der Waals surface area contributed by atoms with Gasteiger partial charge < -0.3 is 10.1 Å². The standard InChI is InChI=1S/C14H18ClNO3/c1-4-16-12(8-13(17)19-3)14(18)11-7-10(15)6-5-9(11)2/h5-7,12,16H,4,8H2,1-3H3. The zero-order valence-corrected chi connectivity index (χ0v) is 12.1. The van der Waals surface area contributed by atoms with E-state index in [4.69, 9.17) is 11.6 Å². The molecule has 1 aromatic carbocycles. The first-order chi connectivity index (χ1) is 8.99. The number of benzene rings is 1. The zero-order valence-electron chi connectivity index (χ0n) is 11.3. The molecule has 5 heteroatoms. The van der Waals surface area contributed by atoms with E-state index in [1.165, 1.54) is 7.11 Å².